The fourth-order valence-electron chi connectivity index (χ4n) is 2.65. The molecule has 1 heterocycles. The van der Waals surface area contributed by atoms with E-state index in [2.05, 4.69) is 27.0 Å². The topological polar surface area (TPSA) is 41.9 Å². The van der Waals surface area contributed by atoms with E-state index < -0.39 is 40.7 Å². The van der Waals surface area contributed by atoms with E-state index >= 15 is 0 Å². The van der Waals surface area contributed by atoms with Gasteiger partial charge in [0.15, 0.2) is 23.3 Å². The first-order valence-electron chi connectivity index (χ1n) is 8.16. The summed E-state index contributed by atoms with van der Waals surface area (Å²) in [4.78, 5) is 12.7. The first kappa shape index (κ1) is 21.5. The molecule has 0 saturated carbocycles. The second-order valence-corrected chi connectivity index (χ2v) is 6.87. The number of rotatable bonds is 4. The van der Waals surface area contributed by atoms with Crippen LogP contribution in [-0.2, 0) is 4.79 Å². The molecule has 0 N–H and O–H groups in total. The van der Waals surface area contributed by atoms with E-state index in [4.69, 9.17) is 11.2 Å². The predicted octanol–water partition coefficient (Wildman–Crippen LogP) is 4.96. The van der Waals surface area contributed by atoms with Gasteiger partial charge in [0.05, 0.1) is 11.3 Å². The van der Waals surface area contributed by atoms with Crippen LogP contribution in [0.5, 0.6) is 5.75 Å². The Morgan fingerprint density at radius 1 is 1.13 bits per heavy atom. The molecule has 1 aliphatic rings. The summed E-state index contributed by atoms with van der Waals surface area (Å²) >= 11 is 3.27. The Hall–Kier alpha value is -3.19. The van der Waals surface area contributed by atoms with Gasteiger partial charge in [-0.25, -0.2) is 22.0 Å². The second kappa shape index (κ2) is 8.28. The van der Waals surface area contributed by atoms with Crippen molar-refractivity contribution in [3.63, 3.8) is 0 Å². The minimum absolute atomic E-state index is 0.00758. The lowest BCUT2D eigenvalue weighted by Gasteiger charge is -2.15. The van der Waals surface area contributed by atoms with Crippen LogP contribution in [0.2, 0.25) is 0 Å². The van der Waals surface area contributed by atoms with Gasteiger partial charge in [0.2, 0.25) is 5.82 Å². The molecule has 0 bridgehead atoms. The Labute approximate surface area is 175 Å². The molecule has 10 heteroatoms. The maximum Gasteiger partial charge on any atom is 0.280 e. The van der Waals surface area contributed by atoms with Crippen molar-refractivity contribution in [2.75, 3.05) is 11.6 Å². The van der Waals surface area contributed by atoms with E-state index in [0.717, 1.165) is 0 Å². The summed E-state index contributed by atoms with van der Waals surface area (Å²) < 4.78 is 74.6. The molecule has 4 nitrogen and oxygen atoms in total. The number of amides is 1. The molecule has 3 rings (SSSR count). The molecule has 0 atom stereocenters. The minimum atomic E-state index is -2.33. The third kappa shape index (κ3) is 3.68. The molecule has 0 saturated heterocycles. The molecule has 0 spiro atoms. The van der Waals surface area contributed by atoms with Crippen molar-refractivity contribution in [1.29, 1.82) is 0 Å². The minimum Gasteiger partial charge on any atom is -0.480 e. The summed E-state index contributed by atoms with van der Waals surface area (Å²) in [5, 5.41) is 3.81. The Kier molecular flexibility index (Phi) is 5.94. The van der Waals surface area contributed by atoms with Gasteiger partial charge in [-0.1, -0.05) is 21.9 Å². The Bertz CT molecular complexity index is 1140. The van der Waals surface area contributed by atoms with Crippen molar-refractivity contribution in [2.24, 2.45) is 5.10 Å². The summed E-state index contributed by atoms with van der Waals surface area (Å²) in [6.07, 6.45) is 6.48. The number of terminal acetylenes is 1. The highest BCUT2D eigenvalue weighted by molar-refractivity contribution is 9.10. The van der Waals surface area contributed by atoms with Gasteiger partial charge in [0, 0.05) is 10.0 Å². The summed E-state index contributed by atoms with van der Waals surface area (Å²) in [5.41, 5.74) is -1.23. The number of anilines is 1. The first-order chi connectivity index (χ1) is 14.2. The van der Waals surface area contributed by atoms with Gasteiger partial charge in [0.25, 0.3) is 5.91 Å². The third-order valence-corrected chi connectivity index (χ3v) is 4.54. The SMILES string of the molecule is C#CCOc1ccc(Br)cc1/C=C1\C(=O)N(c2c(F)c(F)c(F)c(F)c2F)N=C1C. The summed E-state index contributed by atoms with van der Waals surface area (Å²) in [6.45, 7) is 1.28. The smallest absolute Gasteiger partial charge is 0.280 e. The van der Waals surface area contributed by atoms with Gasteiger partial charge in [-0.05, 0) is 31.2 Å². The van der Waals surface area contributed by atoms with Crippen LogP contribution in [0.1, 0.15) is 12.5 Å². The Morgan fingerprint density at radius 3 is 2.33 bits per heavy atom. The van der Waals surface area contributed by atoms with Crippen LogP contribution in [-0.4, -0.2) is 18.2 Å². The van der Waals surface area contributed by atoms with Gasteiger partial charge < -0.3 is 4.74 Å². The largest absolute Gasteiger partial charge is 0.480 e. The molecule has 154 valence electrons. The summed E-state index contributed by atoms with van der Waals surface area (Å²) in [5.74, 6) is -9.53. The van der Waals surface area contributed by atoms with E-state index in [0.29, 0.717) is 15.8 Å². The number of carbonyl (C=O) groups is 1. The van der Waals surface area contributed by atoms with Crippen molar-refractivity contribution in [1.82, 2.24) is 0 Å². The lowest BCUT2D eigenvalue weighted by molar-refractivity contribution is -0.114. The van der Waals surface area contributed by atoms with Crippen molar-refractivity contribution in [2.45, 2.75) is 6.92 Å². The predicted molar refractivity (Wildman–Crippen MR) is 103 cm³/mol. The van der Waals surface area contributed by atoms with Crippen LogP contribution in [0.25, 0.3) is 6.08 Å². The maximum atomic E-state index is 14.1. The fourth-order valence-corrected chi connectivity index (χ4v) is 3.03. The van der Waals surface area contributed by atoms with Crippen LogP contribution >= 0.6 is 15.9 Å². The monoisotopic (exact) mass is 484 g/mol. The van der Waals surface area contributed by atoms with Gasteiger partial charge in [-0.15, -0.1) is 6.42 Å². The van der Waals surface area contributed by atoms with E-state index in [-0.39, 0.29) is 22.9 Å². The van der Waals surface area contributed by atoms with E-state index in [9.17, 15) is 26.7 Å². The van der Waals surface area contributed by atoms with Crippen molar-refractivity contribution in [3.05, 3.63) is 62.9 Å². The van der Waals surface area contributed by atoms with Gasteiger partial charge in [-0.3, -0.25) is 4.79 Å². The normalized spacial score (nSPS) is 14.9. The van der Waals surface area contributed by atoms with Crippen LogP contribution < -0.4 is 9.75 Å². The third-order valence-electron chi connectivity index (χ3n) is 4.04. The molecule has 0 aliphatic carbocycles. The van der Waals surface area contributed by atoms with E-state index in [1.807, 2.05) is 0 Å². The zero-order valence-corrected chi connectivity index (χ0v) is 16.7. The number of hydrazone groups is 1. The zero-order valence-electron chi connectivity index (χ0n) is 15.1. The zero-order chi connectivity index (χ0) is 22.2. The maximum absolute atomic E-state index is 14.1. The van der Waals surface area contributed by atoms with E-state index in [1.165, 1.54) is 13.0 Å². The van der Waals surface area contributed by atoms with Crippen LogP contribution in [0, 0.1) is 41.4 Å². The van der Waals surface area contributed by atoms with Crippen molar-refractivity contribution >= 4 is 39.3 Å². The number of benzene rings is 2. The highest BCUT2D eigenvalue weighted by Gasteiger charge is 2.37. The number of carbonyl (C=O) groups excluding carboxylic acids is 1. The highest BCUT2D eigenvalue weighted by Crippen LogP contribution is 2.35. The van der Waals surface area contributed by atoms with Gasteiger partial charge >= 0.3 is 0 Å². The molecule has 0 fully saturated rings. The molecule has 1 aliphatic heterocycles. The van der Waals surface area contributed by atoms with Gasteiger partial charge in [0.1, 0.15) is 18.0 Å². The standard InChI is InChI=1S/C20H10BrF5N2O2/c1-3-6-30-13-5-4-11(21)7-10(13)8-12-9(2)27-28(20(12)29)19-17(25)15(23)14(22)16(24)18(19)26/h1,4-5,7-8H,6H2,2H3/b12-8-. The molecule has 0 radical (unpaired) electrons. The fraction of sp³-hybridized carbons (Fsp3) is 0.100. The van der Waals surface area contributed by atoms with Gasteiger partial charge in [-0.2, -0.15) is 10.1 Å². The second-order valence-electron chi connectivity index (χ2n) is 5.95. The highest BCUT2D eigenvalue weighted by atomic mass is 79.9. The lowest BCUT2D eigenvalue weighted by atomic mass is 10.1. The number of hydrogen-bond donors (Lipinski definition) is 0. The average Bonchev–Trinajstić information content (AvgIpc) is 2.98. The number of nitrogens with zero attached hydrogens (tertiary/aromatic N) is 2. The summed E-state index contributed by atoms with van der Waals surface area (Å²) in [6, 6.07) is 4.81. The van der Waals surface area contributed by atoms with Crippen LogP contribution in [0.4, 0.5) is 27.6 Å². The van der Waals surface area contributed by atoms with Crippen LogP contribution in [0.15, 0.2) is 33.3 Å². The van der Waals surface area contributed by atoms with Crippen molar-refractivity contribution < 1.29 is 31.5 Å². The van der Waals surface area contributed by atoms with Crippen molar-refractivity contribution in [3.8, 4) is 18.1 Å². The van der Waals surface area contributed by atoms with Crippen LogP contribution in [0.3, 0.4) is 0 Å². The molecule has 2 aromatic carbocycles. The molecule has 0 unspecified atom stereocenters. The molecule has 30 heavy (non-hydrogen) atoms. The lowest BCUT2D eigenvalue weighted by Crippen LogP contribution is -2.25. The number of hydrogen-bond acceptors (Lipinski definition) is 3. The molecular weight excluding hydrogens is 475 g/mol. The Balaban J connectivity index is 2.09. The van der Waals surface area contributed by atoms with E-state index in [1.54, 1.807) is 18.2 Å². The number of halogens is 6. The average molecular weight is 485 g/mol. The molecule has 1 amide bonds. The first-order valence-corrected chi connectivity index (χ1v) is 8.95. The molecule has 0 aromatic heterocycles. The summed E-state index contributed by atoms with van der Waals surface area (Å²) in [7, 11) is 0. The number of ether oxygens (including phenoxy) is 1. The Morgan fingerprint density at radius 2 is 1.73 bits per heavy atom. The quantitative estimate of drug-likeness (QED) is 0.202. The molecule has 2 aromatic rings. The molecular formula is C20H10BrF5N2O2.